The largest absolute Gasteiger partial charge is 0.490 e. The van der Waals surface area contributed by atoms with Crippen LogP contribution in [0.5, 0.6) is 0 Å². The molecule has 1 atom stereocenters. The van der Waals surface area contributed by atoms with Crippen LogP contribution in [0.2, 0.25) is 16.6 Å². The number of carbonyl (C=O) groups excluding carboxylic acids is 1. The number of ether oxygens (including phenoxy) is 1. The van der Waals surface area contributed by atoms with Crippen molar-refractivity contribution in [3.05, 3.63) is 0 Å². The van der Waals surface area contributed by atoms with Gasteiger partial charge in [0, 0.05) is 6.61 Å². The Balaban J connectivity index is 0. The molecule has 0 aromatic rings. The number of alkyl halides is 3. The molecule has 0 aliphatic heterocycles. The van der Waals surface area contributed by atoms with Crippen LogP contribution in [0.4, 0.5) is 13.2 Å². The second-order valence-electron chi connectivity index (χ2n) is 7.24. The summed E-state index contributed by atoms with van der Waals surface area (Å²) in [4.78, 5) is 20.1. The second-order valence-corrected chi connectivity index (χ2v) is 12.7. The van der Waals surface area contributed by atoms with Crippen LogP contribution in [-0.2, 0) is 18.8 Å². The summed E-state index contributed by atoms with van der Waals surface area (Å²) in [6.45, 7) is 14.3. The Bertz CT molecular complexity index is 435. The lowest BCUT2D eigenvalue weighted by Crippen LogP contribution is -2.48. The molecule has 0 saturated carbocycles. The Kier molecular flexibility index (Phi) is 12.8. The molecule has 0 spiro atoms. The van der Waals surface area contributed by atoms with Gasteiger partial charge in [0.25, 0.3) is 0 Å². The molecule has 0 fully saturated rings. The van der Waals surface area contributed by atoms with Crippen LogP contribution in [0.25, 0.3) is 0 Å². The zero-order valence-corrected chi connectivity index (χ0v) is 18.2. The summed E-state index contributed by atoms with van der Waals surface area (Å²) in [5, 5.41) is 7.12. The van der Waals surface area contributed by atoms with E-state index in [-0.39, 0.29) is 5.97 Å². The van der Waals surface area contributed by atoms with E-state index < -0.39 is 26.5 Å². The summed E-state index contributed by atoms with van der Waals surface area (Å²) in [6, 6.07) is -0.531. The zero-order chi connectivity index (χ0) is 22.0. The number of carboxylic acids is 1. The molecule has 0 aliphatic carbocycles. The lowest BCUT2D eigenvalue weighted by Gasteiger charge is -2.42. The maximum Gasteiger partial charge on any atom is 0.490 e. The first-order chi connectivity index (χ1) is 12.1. The molecule has 0 heterocycles. The summed E-state index contributed by atoms with van der Waals surface area (Å²) in [5.74, 6) is -3.10. The van der Waals surface area contributed by atoms with Crippen LogP contribution in [0, 0.1) is 0 Å². The van der Waals surface area contributed by atoms with Gasteiger partial charge in [-0.2, -0.15) is 13.2 Å². The molecule has 0 unspecified atom stereocenters. The third-order valence-corrected chi connectivity index (χ3v) is 10.6. The second kappa shape index (κ2) is 12.3. The van der Waals surface area contributed by atoms with Crippen LogP contribution in [0.3, 0.4) is 0 Å². The molecular weight excluding hydrogens is 383 g/mol. The first-order valence-corrected chi connectivity index (χ1v) is 11.1. The normalized spacial score (nSPS) is 13.4. The van der Waals surface area contributed by atoms with Crippen molar-refractivity contribution in [2.45, 2.75) is 83.2 Å². The number of rotatable bonds is 9. The summed E-state index contributed by atoms with van der Waals surface area (Å²) in [7, 11) is -0.424. The Morgan fingerprint density at radius 2 is 1.41 bits per heavy atom. The molecule has 3 N–H and O–H groups in total. The summed E-state index contributed by atoms with van der Waals surface area (Å²) < 4.78 is 42.8. The van der Waals surface area contributed by atoms with Gasteiger partial charge >= 0.3 is 18.1 Å². The van der Waals surface area contributed by atoms with Crippen LogP contribution in [0.15, 0.2) is 0 Å². The number of hydrogen-bond donors (Lipinski definition) is 2. The molecule has 27 heavy (non-hydrogen) atoms. The highest BCUT2D eigenvalue weighted by atomic mass is 28.4. The number of hydrogen-bond acceptors (Lipinski definition) is 5. The predicted molar refractivity (Wildman–Crippen MR) is 99.9 cm³/mol. The van der Waals surface area contributed by atoms with Crippen molar-refractivity contribution in [3.8, 4) is 0 Å². The number of halogens is 3. The van der Waals surface area contributed by atoms with Gasteiger partial charge in [-0.25, -0.2) is 4.79 Å². The Labute approximate surface area is 160 Å². The van der Waals surface area contributed by atoms with Crippen molar-refractivity contribution in [2.75, 3.05) is 13.7 Å². The summed E-state index contributed by atoms with van der Waals surface area (Å²) in [5.41, 5.74) is 7.48. The van der Waals surface area contributed by atoms with E-state index in [9.17, 15) is 18.0 Å². The summed E-state index contributed by atoms with van der Waals surface area (Å²) in [6.07, 6.45) is -3.66. The molecule has 0 radical (unpaired) electrons. The van der Waals surface area contributed by atoms with Gasteiger partial charge in [-0.15, -0.1) is 0 Å². The Morgan fingerprint density at radius 3 is 1.67 bits per heavy atom. The topological polar surface area (TPSA) is 98.9 Å². The molecule has 0 aromatic heterocycles. The van der Waals surface area contributed by atoms with Gasteiger partial charge in [0.05, 0.1) is 7.11 Å². The van der Waals surface area contributed by atoms with Crippen molar-refractivity contribution in [1.82, 2.24) is 0 Å². The first kappa shape index (κ1) is 28.1. The van der Waals surface area contributed by atoms with E-state index in [1.54, 1.807) is 0 Å². The fraction of sp³-hybridized carbons (Fsp3) is 0.882. The van der Waals surface area contributed by atoms with Crippen molar-refractivity contribution >= 4 is 20.3 Å². The molecular formula is C17H34F3NO5Si. The van der Waals surface area contributed by atoms with Crippen molar-refractivity contribution in [1.29, 1.82) is 0 Å². The van der Waals surface area contributed by atoms with Crippen LogP contribution >= 0.6 is 0 Å². The van der Waals surface area contributed by atoms with Gasteiger partial charge in [-0.3, -0.25) is 4.79 Å². The number of esters is 1. The highest BCUT2D eigenvalue weighted by molar-refractivity contribution is 6.77. The number of methoxy groups -OCH3 is 1. The van der Waals surface area contributed by atoms with Gasteiger partial charge in [0.1, 0.15) is 6.04 Å². The standard InChI is InChI=1S/C15H33NO3Si.C2HF3O2/c1-11(2)20(12(3)4,13(5)6)19-10-8-9-14(16)15(17)18-7;3-2(4,5)1(6)7/h11-14H,8-10,16H2,1-7H3;(H,6,7)/t14-;/m0./s1. The van der Waals surface area contributed by atoms with Crippen molar-refractivity contribution in [3.63, 3.8) is 0 Å². The van der Waals surface area contributed by atoms with Gasteiger partial charge in [0.2, 0.25) is 0 Å². The summed E-state index contributed by atoms with van der Waals surface area (Å²) >= 11 is 0. The molecule has 0 amide bonds. The van der Waals surface area contributed by atoms with Gasteiger partial charge < -0.3 is 20.0 Å². The van der Waals surface area contributed by atoms with Gasteiger partial charge in [-0.1, -0.05) is 41.5 Å². The zero-order valence-electron chi connectivity index (χ0n) is 17.2. The van der Waals surface area contributed by atoms with Crippen molar-refractivity contribution in [2.24, 2.45) is 5.73 Å². The fourth-order valence-corrected chi connectivity index (χ4v) is 8.82. The Morgan fingerprint density at radius 1 is 1.04 bits per heavy atom. The number of carboxylic acid groups (broad SMARTS) is 1. The highest BCUT2D eigenvalue weighted by Gasteiger charge is 2.44. The lowest BCUT2D eigenvalue weighted by atomic mass is 10.2. The molecule has 10 heteroatoms. The van der Waals surface area contributed by atoms with Crippen LogP contribution < -0.4 is 5.73 Å². The average Bonchev–Trinajstić information content (AvgIpc) is 2.52. The van der Waals surface area contributed by atoms with E-state index in [1.165, 1.54) is 7.11 Å². The van der Waals surface area contributed by atoms with E-state index in [2.05, 4.69) is 46.3 Å². The van der Waals surface area contributed by atoms with Gasteiger partial charge in [0.15, 0.2) is 8.32 Å². The Hall–Kier alpha value is -1.13. The number of aliphatic carboxylic acids is 1. The van der Waals surface area contributed by atoms with Crippen LogP contribution in [-0.4, -0.2) is 51.3 Å². The third-order valence-electron chi connectivity index (χ3n) is 4.47. The molecule has 0 aromatic carbocycles. The average molecular weight is 418 g/mol. The fourth-order valence-electron chi connectivity index (χ4n) is 3.32. The third kappa shape index (κ3) is 9.57. The maximum absolute atomic E-state index is 11.2. The van der Waals surface area contributed by atoms with Crippen molar-refractivity contribution < 1.29 is 37.0 Å². The highest BCUT2D eigenvalue weighted by Crippen LogP contribution is 2.42. The smallest absolute Gasteiger partial charge is 0.475 e. The van der Waals surface area contributed by atoms with E-state index in [1.807, 2.05) is 0 Å². The predicted octanol–water partition coefficient (Wildman–Crippen LogP) is 4.09. The minimum atomic E-state index is -5.08. The first-order valence-electron chi connectivity index (χ1n) is 8.91. The van der Waals surface area contributed by atoms with E-state index >= 15 is 0 Å². The molecule has 0 rings (SSSR count). The molecule has 0 saturated heterocycles. The lowest BCUT2D eigenvalue weighted by molar-refractivity contribution is -0.192. The molecule has 162 valence electrons. The number of carbonyl (C=O) groups is 2. The minimum Gasteiger partial charge on any atom is -0.475 e. The minimum absolute atomic E-state index is 0.343. The van der Waals surface area contributed by atoms with E-state index in [0.717, 1.165) is 6.42 Å². The van der Waals surface area contributed by atoms with E-state index in [0.29, 0.717) is 29.7 Å². The quantitative estimate of drug-likeness (QED) is 0.333. The monoisotopic (exact) mass is 417 g/mol. The van der Waals surface area contributed by atoms with Crippen LogP contribution in [0.1, 0.15) is 54.4 Å². The SMILES string of the molecule is COC(=O)[C@@H](N)CCCO[Si](C(C)C)(C(C)C)C(C)C.O=C(O)C(F)(F)F. The van der Waals surface area contributed by atoms with E-state index in [4.69, 9.17) is 20.1 Å². The maximum atomic E-state index is 11.2. The number of nitrogens with two attached hydrogens (primary N) is 1. The molecule has 0 aliphatic rings. The van der Waals surface area contributed by atoms with Gasteiger partial charge in [-0.05, 0) is 29.5 Å². The molecule has 6 nitrogen and oxygen atoms in total. The molecule has 0 bridgehead atoms.